The Balaban J connectivity index is 1.51. The van der Waals surface area contributed by atoms with Gasteiger partial charge < -0.3 is 5.32 Å². The number of aromatic amines is 1. The molecule has 2 aliphatic rings. The predicted octanol–water partition coefficient (Wildman–Crippen LogP) is 2.70. The highest BCUT2D eigenvalue weighted by Crippen LogP contribution is 2.22. The summed E-state index contributed by atoms with van der Waals surface area (Å²) in [6, 6.07) is 5.82. The Bertz CT molecular complexity index is 884. The molecule has 0 aliphatic heterocycles. The average molecular weight is 366 g/mol. The highest BCUT2D eigenvalue weighted by Gasteiger charge is 2.20. The number of carbonyl (C=O) groups excluding carboxylic acids is 1. The molecular formula is C21H26N4O2. The molecule has 6 heteroatoms. The fourth-order valence-electron chi connectivity index (χ4n) is 4.26. The minimum absolute atomic E-state index is 0.0676. The van der Waals surface area contributed by atoms with E-state index in [9.17, 15) is 9.59 Å². The zero-order chi connectivity index (χ0) is 18.6. The van der Waals surface area contributed by atoms with Crippen LogP contribution in [-0.2, 0) is 19.3 Å². The van der Waals surface area contributed by atoms with Crippen LogP contribution in [0.4, 0.5) is 0 Å². The minimum Gasteiger partial charge on any atom is -0.348 e. The highest BCUT2D eigenvalue weighted by atomic mass is 16.2. The van der Waals surface area contributed by atoms with Gasteiger partial charge in [-0.2, -0.15) is 5.10 Å². The van der Waals surface area contributed by atoms with Gasteiger partial charge in [0, 0.05) is 23.7 Å². The molecular weight excluding hydrogens is 340 g/mol. The Hall–Kier alpha value is -2.50. The van der Waals surface area contributed by atoms with E-state index >= 15 is 0 Å². The molecule has 27 heavy (non-hydrogen) atoms. The van der Waals surface area contributed by atoms with Crippen LogP contribution in [0.5, 0.6) is 0 Å². The summed E-state index contributed by atoms with van der Waals surface area (Å²) in [5.74, 6) is -0.0970. The van der Waals surface area contributed by atoms with E-state index in [1.807, 2.05) is 12.1 Å². The molecule has 1 amide bonds. The summed E-state index contributed by atoms with van der Waals surface area (Å²) in [4.78, 5) is 29.1. The number of nitrogens with zero attached hydrogens (tertiary/aromatic N) is 2. The molecule has 4 rings (SSSR count). The first kappa shape index (κ1) is 17.9. The molecule has 2 aromatic rings. The molecule has 2 heterocycles. The van der Waals surface area contributed by atoms with E-state index < -0.39 is 0 Å². The Morgan fingerprint density at radius 3 is 2.67 bits per heavy atom. The van der Waals surface area contributed by atoms with Crippen molar-refractivity contribution in [2.75, 3.05) is 0 Å². The van der Waals surface area contributed by atoms with Gasteiger partial charge in [-0.15, -0.1) is 0 Å². The van der Waals surface area contributed by atoms with Crippen LogP contribution in [0.2, 0.25) is 0 Å². The first-order valence-corrected chi connectivity index (χ1v) is 10.1. The van der Waals surface area contributed by atoms with Crippen LogP contribution in [0, 0.1) is 0 Å². The van der Waals surface area contributed by atoms with Crippen molar-refractivity contribution in [1.82, 2.24) is 20.5 Å². The molecule has 0 radical (unpaired) electrons. The van der Waals surface area contributed by atoms with E-state index in [1.165, 1.54) is 19.3 Å². The smallest absolute Gasteiger partial charge is 0.270 e. The van der Waals surface area contributed by atoms with Crippen molar-refractivity contribution >= 4 is 5.91 Å². The van der Waals surface area contributed by atoms with Gasteiger partial charge in [0.25, 0.3) is 11.5 Å². The van der Waals surface area contributed by atoms with E-state index in [2.05, 4.69) is 20.5 Å². The van der Waals surface area contributed by atoms with Gasteiger partial charge in [-0.1, -0.05) is 25.3 Å². The van der Waals surface area contributed by atoms with Gasteiger partial charge in [0.1, 0.15) is 5.69 Å². The molecule has 2 N–H and O–H groups in total. The van der Waals surface area contributed by atoms with E-state index in [0.29, 0.717) is 12.1 Å². The second kappa shape index (κ2) is 8.03. The summed E-state index contributed by atoms with van der Waals surface area (Å²) in [6.07, 6.45) is 10.1. The summed E-state index contributed by atoms with van der Waals surface area (Å²) in [5, 5.41) is 10.0. The number of rotatable bonds is 4. The topological polar surface area (TPSA) is 87.7 Å². The molecule has 0 atom stereocenters. The number of carbonyl (C=O) groups is 1. The molecule has 0 bridgehead atoms. The standard InChI is InChI=1S/C21H26N4O2/c26-20-17-11-5-4-10-16(17)19(24-25-20)13-15-9-6-12-18(22-15)21(27)23-14-7-2-1-3-8-14/h6,9,12,14H,1-5,7-8,10-11,13H2,(H,23,27)(H,25,26). The zero-order valence-corrected chi connectivity index (χ0v) is 15.6. The molecule has 6 nitrogen and oxygen atoms in total. The summed E-state index contributed by atoms with van der Waals surface area (Å²) in [6.45, 7) is 0. The van der Waals surface area contributed by atoms with Crippen molar-refractivity contribution in [3.63, 3.8) is 0 Å². The monoisotopic (exact) mass is 366 g/mol. The largest absolute Gasteiger partial charge is 0.348 e. The first-order chi connectivity index (χ1) is 13.2. The molecule has 2 aliphatic carbocycles. The third-order valence-corrected chi connectivity index (χ3v) is 5.71. The Morgan fingerprint density at radius 1 is 1.07 bits per heavy atom. The summed E-state index contributed by atoms with van der Waals surface area (Å²) < 4.78 is 0. The molecule has 2 aromatic heterocycles. The summed E-state index contributed by atoms with van der Waals surface area (Å²) in [5.41, 5.74) is 4.01. The quantitative estimate of drug-likeness (QED) is 0.871. The van der Waals surface area contributed by atoms with Crippen molar-refractivity contribution in [3.8, 4) is 0 Å². The fourth-order valence-corrected chi connectivity index (χ4v) is 4.26. The summed E-state index contributed by atoms with van der Waals surface area (Å²) in [7, 11) is 0. The number of H-pyrrole nitrogens is 1. The molecule has 1 fully saturated rings. The van der Waals surface area contributed by atoms with Crippen molar-refractivity contribution in [3.05, 3.63) is 56.8 Å². The zero-order valence-electron chi connectivity index (χ0n) is 15.6. The van der Waals surface area contributed by atoms with E-state index in [1.54, 1.807) is 6.07 Å². The number of hydrogen-bond acceptors (Lipinski definition) is 4. The van der Waals surface area contributed by atoms with Crippen molar-refractivity contribution in [2.24, 2.45) is 0 Å². The van der Waals surface area contributed by atoms with Crippen LogP contribution < -0.4 is 10.9 Å². The van der Waals surface area contributed by atoms with Gasteiger partial charge in [0.15, 0.2) is 0 Å². The number of amides is 1. The maximum atomic E-state index is 12.6. The molecule has 0 saturated heterocycles. The number of fused-ring (bicyclic) bond motifs is 1. The minimum atomic E-state index is -0.0970. The van der Waals surface area contributed by atoms with Crippen LogP contribution in [0.1, 0.15) is 77.9 Å². The average Bonchev–Trinajstić information content (AvgIpc) is 2.71. The molecule has 0 spiro atoms. The second-order valence-electron chi connectivity index (χ2n) is 7.66. The van der Waals surface area contributed by atoms with Gasteiger partial charge >= 0.3 is 0 Å². The molecule has 142 valence electrons. The second-order valence-corrected chi connectivity index (χ2v) is 7.66. The number of aromatic nitrogens is 3. The van der Waals surface area contributed by atoms with Crippen LogP contribution >= 0.6 is 0 Å². The number of pyridine rings is 1. The lowest BCUT2D eigenvalue weighted by Crippen LogP contribution is -2.36. The lowest BCUT2D eigenvalue weighted by molar-refractivity contribution is 0.0922. The van der Waals surface area contributed by atoms with Gasteiger partial charge in [0.2, 0.25) is 0 Å². The third kappa shape index (κ3) is 4.10. The number of hydrogen-bond donors (Lipinski definition) is 2. The van der Waals surface area contributed by atoms with Gasteiger partial charge in [-0.25, -0.2) is 10.1 Å². The fraction of sp³-hybridized carbons (Fsp3) is 0.524. The maximum absolute atomic E-state index is 12.6. The van der Waals surface area contributed by atoms with Gasteiger partial charge in [-0.3, -0.25) is 9.59 Å². The van der Waals surface area contributed by atoms with Crippen LogP contribution in [-0.4, -0.2) is 27.1 Å². The van der Waals surface area contributed by atoms with Crippen molar-refractivity contribution in [1.29, 1.82) is 0 Å². The Kier molecular flexibility index (Phi) is 5.32. The summed E-state index contributed by atoms with van der Waals surface area (Å²) >= 11 is 0. The normalized spacial score (nSPS) is 17.3. The van der Waals surface area contributed by atoms with Gasteiger partial charge in [-0.05, 0) is 56.2 Å². The van der Waals surface area contributed by atoms with Crippen molar-refractivity contribution in [2.45, 2.75) is 70.3 Å². The van der Waals surface area contributed by atoms with Crippen LogP contribution in [0.15, 0.2) is 23.0 Å². The highest BCUT2D eigenvalue weighted by molar-refractivity contribution is 5.92. The number of nitrogens with one attached hydrogen (secondary N) is 2. The molecule has 0 aromatic carbocycles. The third-order valence-electron chi connectivity index (χ3n) is 5.71. The van der Waals surface area contributed by atoms with E-state index in [-0.39, 0.29) is 17.5 Å². The van der Waals surface area contributed by atoms with Gasteiger partial charge in [0.05, 0.1) is 5.69 Å². The van der Waals surface area contributed by atoms with Crippen LogP contribution in [0.25, 0.3) is 0 Å². The molecule has 1 saturated carbocycles. The lowest BCUT2D eigenvalue weighted by Gasteiger charge is -2.22. The Labute approximate surface area is 158 Å². The SMILES string of the molecule is O=C(NC1CCCCC1)c1cccc(Cc2n[nH]c(=O)c3c2CCCC3)n1. The first-order valence-electron chi connectivity index (χ1n) is 10.1. The Morgan fingerprint density at radius 2 is 1.85 bits per heavy atom. The van der Waals surface area contributed by atoms with Crippen molar-refractivity contribution < 1.29 is 4.79 Å². The predicted molar refractivity (Wildman–Crippen MR) is 103 cm³/mol. The van der Waals surface area contributed by atoms with E-state index in [4.69, 9.17) is 0 Å². The molecule has 0 unspecified atom stereocenters. The van der Waals surface area contributed by atoms with Crippen LogP contribution in [0.3, 0.4) is 0 Å². The maximum Gasteiger partial charge on any atom is 0.270 e. The van der Waals surface area contributed by atoms with E-state index in [0.717, 1.165) is 61.0 Å². The lowest BCUT2D eigenvalue weighted by atomic mass is 9.90.